The van der Waals surface area contributed by atoms with Crippen molar-refractivity contribution in [2.75, 3.05) is 0 Å². The maximum absolute atomic E-state index is 11.9. The highest BCUT2D eigenvalue weighted by molar-refractivity contribution is 5.98. The van der Waals surface area contributed by atoms with Gasteiger partial charge < -0.3 is 15.5 Å². The molecule has 0 bridgehead atoms. The molecule has 0 saturated carbocycles. The maximum atomic E-state index is 11.9. The first kappa shape index (κ1) is 18.2. The molecule has 0 saturated heterocycles. The Morgan fingerprint density at radius 3 is 2.28 bits per heavy atom. The van der Waals surface area contributed by atoms with Crippen LogP contribution in [0.1, 0.15) is 32.3 Å². The van der Waals surface area contributed by atoms with Crippen LogP contribution in [0.2, 0.25) is 0 Å². The summed E-state index contributed by atoms with van der Waals surface area (Å²) in [6, 6.07) is 5.40. The molecular formula is C17H18N2O6. The van der Waals surface area contributed by atoms with Crippen molar-refractivity contribution in [1.82, 2.24) is 5.32 Å². The lowest BCUT2D eigenvalue weighted by Crippen LogP contribution is -2.33. The number of hydrogen-bond donors (Lipinski definition) is 3. The molecule has 1 unspecified atom stereocenters. The number of dihydropyridines is 1. The van der Waals surface area contributed by atoms with Crippen LogP contribution in [-0.2, 0) is 9.59 Å². The van der Waals surface area contributed by atoms with Gasteiger partial charge in [-0.05, 0) is 18.4 Å². The van der Waals surface area contributed by atoms with Crippen molar-refractivity contribution in [2.45, 2.75) is 26.7 Å². The summed E-state index contributed by atoms with van der Waals surface area (Å²) in [7, 11) is 0. The summed E-state index contributed by atoms with van der Waals surface area (Å²) in [5.41, 5.74) is 0.488. The highest BCUT2D eigenvalue weighted by atomic mass is 16.6. The molecule has 1 aliphatic heterocycles. The van der Waals surface area contributed by atoms with Gasteiger partial charge in [-0.3, -0.25) is 10.1 Å². The Morgan fingerprint density at radius 1 is 1.20 bits per heavy atom. The summed E-state index contributed by atoms with van der Waals surface area (Å²) in [6.45, 7) is 5.12. The molecule has 1 atom stereocenters. The van der Waals surface area contributed by atoms with Crippen LogP contribution in [0.15, 0.2) is 46.8 Å². The highest BCUT2D eigenvalue weighted by Gasteiger charge is 2.38. The van der Waals surface area contributed by atoms with E-state index in [1.54, 1.807) is 20.8 Å². The van der Waals surface area contributed by atoms with Gasteiger partial charge in [-0.25, -0.2) is 9.59 Å². The Kier molecular flexibility index (Phi) is 4.92. The van der Waals surface area contributed by atoms with Crippen LogP contribution < -0.4 is 5.32 Å². The van der Waals surface area contributed by atoms with Crippen molar-refractivity contribution < 1.29 is 24.7 Å². The van der Waals surface area contributed by atoms with Gasteiger partial charge in [0.15, 0.2) is 0 Å². The molecule has 0 spiro atoms. The fourth-order valence-corrected chi connectivity index (χ4v) is 2.98. The summed E-state index contributed by atoms with van der Waals surface area (Å²) in [4.78, 5) is 34.1. The molecule has 1 heterocycles. The topological polar surface area (TPSA) is 130 Å². The Morgan fingerprint density at radius 2 is 1.80 bits per heavy atom. The zero-order valence-electron chi connectivity index (χ0n) is 13.9. The van der Waals surface area contributed by atoms with Crippen LogP contribution >= 0.6 is 0 Å². The van der Waals surface area contributed by atoms with Gasteiger partial charge in [0, 0.05) is 23.5 Å². The van der Waals surface area contributed by atoms with Crippen molar-refractivity contribution in [3.05, 3.63) is 62.5 Å². The zero-order chi connectivity index (χ0) is 18.9. The summed E-state index contributed by atoms with van der Waals surface area (Å²) >= 11 is 0. The van der Waals surface area contributed by atoms with Gasteiger partial charge in [0.2, 0.25) is 0 Å². The standard InChI is InChI=1S/C17H18N2O6/c1-8(2)15-14(17(22)23)13(12(16(20)21)9(3)18-15)10-5-4-6-11(7-10)19(24)25/h4-8,13,18H,1-3H3,(H,20,21)(H,22,23). The highest BCUT2D eigenvalue weighted by Crippen LogP contribution is 2.40. The number of nitrogens with zero attached hydrogens (tertiary/aromatic N) is 1. The molecule has 0 aliphatic carbocycles. The first-order valence-electron chi connectivity index (χ1n) is 7.57. The van der Waals surface area contributed by atoms with Gasteiger partial charge in [0.1, 0.15) is 0 Å². The third-order valence-electron chi connectivity index (χ3n) is 4.05. The molecule has 3 N–H and O–H groups in total. The van der Waals surface area contributed by atoms with E-state index in [4.69, 9.17) is 0 Å². The number of allylic oxidation sites excluding steroid dienone is 2. The van der Waals surface area contributed by atoms with E-state index in [1.165, 1.54) is 24.3 Å². The number of nitro benzene ring substituents is 1. The van der Waals surface area contributed by atoms with Gasteiger partial charge in [0.25, 0.3) is 5.69 Å². The minimum atomic E-state index is -1.27. The van der Waals surface area contributed by atoms with E-state index in [1.807, 2.05) is 0 Å². The minimum Gasteiger partial charge on any atom is -0.478 e. The summed E-state index contributed by atoms with van der Waals surface area (Å²) in [5.74, 6) is -3.84. The quantitative estimate of drug-likeness (QED) is 0.552. The van der Waals surface area contributed by atoms with Crippen LogP contribution in [-0.4, -0.2) is 27.1 Å². The molecule has 8 nitrogen and oxygen atoms in total. The third-order valence-corrected chi connectivity index (χ3v) is 4.05. The van der Waals surface area contributed by atoms with Gasteiger partial charge in [-0.15, -0.1) is 0 Å². The molecule has 2 rings (SSSR count). The number of nitrogens with one attached hydrogen (secondary N) is 1. The fraction of sp³-hybridized carbons (Fsp3) is 0.294. The first-order valence-corrected chi connectivity index (χ1v) is 7.57. The van der Waals surface area contributed by atoms with Crippen LogP contribution in [0.3, 0.4) is 0 Å². The molecule has 25 heavy (non-hydrogen) atoms. The van der Waals surface area contributed by atoms with Crippen molar-refractivity contribution in [2.24, 2.45) is 5.92 Å². The SMILES string of the molecule is CC1=C(C(=O)O)C(c2cccc([N+](=O)[O-])c2)C(C(=O)O)=C(C(C)C)N1. The number of aliphatic carboxylic acids is 2. The Balaban J connectivity index is 2.79. The minimum absolute atomic E-state index is 0.113. The van der Waals surface area contributed by atoms with Gasteiger partial charge in [0.05, 0.1) is 22.0 Å². The summed E-state index contributed by atoms with van der Waals surface area (Å²) in [5, 5.41) is 33.2. The molecule has 8 heteroatoms. The predicted octanol–water partition coefficient (Wildman–Crippen LogP) is 2.63. The lowest BCUT2D eigenvalue weighted by atomic mass is 9.78. The first-order chi connectivity index (χ1) is 11.6. The van der Waals surface area contributed by atoms with E-state index < -0.39 is 22.8 Å². The molecule has 0 fully saturated rings. The van der Waals surface area contributed by atoms with E-state index in [9.17, 15) is 29.9 Å². The maximum Gasteiger partial charge on any atom is 0.334 e. The number of carboxylic acid groups (broad SMARTS) is 2. The molecule has 0 aromatic heterocycles. The summed E-state index contributed by atoms with van der Waals surface area (Å²) in [6.07, 6.45) is 0. The molecule has 1 aliphatic rings. The lowest BCUT2D eigenvalue weighted by Gasteiger charge is -2.31. The third kappa shape index (κ3) is 3.37. The van der Waals surface area contributed by atoms with Crippen molar-refractivity contribution in [1.29, 1.82) is 0 Å². The lowest BCUT2D eigenvalue weighted by molar-refractivity contribution is -0.384. The van der Waals surface area contributed by atoms with Gasteiger partial charge >= 0.3 is 11.9 Å². The number of nitro groups is 1. The molecule has 1 aromatic rings. The van der Waals surface area contributed by atoms with Crippen molar-refractivity contribution in [3.8, 4) is 0 Å². The second-order valence-electron chi connectivity index (χ2n) is 6.04. The smallest absolute Gasteiger partial charge is 0.334 e. The van der Waals surface area contributed by atoms with Crippen molar-refractivity contribution >= 4 is 17.6 Å². The average Bonchev–Trinajstić information content (AvgIpc) is 2.52. The average molecular weight is 346 g/mol. The van der Waals surface area contributed by atoms with Crippen LogP contribution in [0, 0.1) is 16.0 Å². The largest absolute Gasteiger partial charge is 0.478 e. The molecule has 132 valence electrons. The van der Waals surface area contributed by atoms with E-state index in [-0.39, 0.29) is 28.3 Å². The number of benzene rings is 1. The number of rotatable bonds is 5. The molecule has 0 radical (unpaired) electrons. The normalized spacial score (nSPS) is 17.5. The number of hydrogen-bond acceptors (Lipinski definition) is 5. The van der Waals surface area contributed by atoms with Crippen LogP contribution in [0.25, 0.3) is 0 Å². The van der Waals surface area contributed by atoms with Crippen LogP contribution in [0.4, 0.5) is 5.69 Å². The summed E-state index contributed by atoms with van der Waals surface area (Å²) < 4.78 is 0. The van der Waals surface area contributed by atoms with E-state index >= 15 is 0 Å². The Hall–Kier alpha value is -3.16. The number of non-ortho nitro benzene ring substituents is 1. The number of carboxylic acids is 2. The van der Waals surface area contributed by atoms with E-state index in [2.05, 4.69) is 5.32 Å². The fourth-order valence-electron chi connectivity index (χ4n) is 2.98. The van der Waals surface area contributed by atoms with Gasteiger partial charge in [-0.2, -0.15) is 0 Å². The molecule has 0 amide bonds. The zero-order valence-corrected chi connectivity index (χ0v) is 13.9. The monoisotopic (exact) mass is 346 g/mol. The van der Waals surface area contributed by atoms with E-state index in [0.717, 1.165) is 0 Å². The molecular weight excluding hydrogens is 328 g/mol. The second-order valence-corrected chi connectivity index (χ2v) is 6.04. The Bertz CT molecular complexity index is 822. The van der Waals surface area contributed by atoms with Gasteiger partial charge in [-0.1, -0.05) is 26.0 Å². The van der Waals surface area contributed by atoms with Crippen LogP contribution in [0.5, 0.6) is 0 Å². The predicted molar refractivity (Wildman–Crippen MR) is 88.8 cm³/mol. The van der Waals surface area contributed by atoms with E-state index in [0.29, 0.717) is 11.4 Å². The Labute approximate surface area is 143 Å². The number of carbonyl (C=O) groups is 2. The molecule has 1 aromatic carbocycles. The van der Waals surface area contributed by atoms with Crippen molar-refractivity contribution in [3.63, 3.8) is 0 Å². The second kappa shape index (κ2) is 6.76.